The molecule has 1 fully saturated rings. The van der Waals surface area contributed by atoms with Gasteiger partial charge in [0, 0.05) is 18.7 Å². The number of ether oxygens (including phenoxy) is 1. The van der Waals surface area contributed by atoms with Gasteiger partial charge in [-0.1, -0.05) is 0 Å². The molecule has 6 heteroatoms. The summed E-state index contributed by atoms with van der Waals surface area (Å²) >= 11 is 0. The van der Waals surface area contributed by atoms with Crippen LogP contribution in [0.1, 0.15) is 50.3 Å². The predicted octanol–water partition coefficient (Wildman–Crippen LogP) is 2.33. The monoisotopic (exact) mass is 329 g/mol. The largest absolute Gasteiger partial charge is 0.485 e. The highest BCUT2D eigenvalue weighted by Gasteiger charge is 2.44. The van der Waals surface area contributed by atoms with Crippen LogP contribution in [0.2, 0.25) is 0 Å². The highest BCUT2D eigenvalue weighted by molar-refractivity contribution is 5.75. The zero-order valence-electron chi connectivity index (χ0n) is 14.1. The Kier molecular flexibility index (Phi) is 4.37. The SMILES string of the molecule is CC1(C)Oc2ccc(C#N)cc2[C@@H](NC(=O)N2CCCCC2)[C@@H]1O. The molecule has 6 nitrogen and oxygen atoms in total. The minimum absolute atomic E-state index is 0.176. The molecule has 2 amide bonds. The fourth-order valence-electron chi connectivity index (χ4n) is 3.35. The van der Waals surface area contributed by atoms with Gasteiger partial charge in [-0.25, -0.2) is 4.79 Å². The summed E-state index contributed by atoms with van der Waals surface area (Å²) in [4.78, 5) is 14.4. The third-order valence-corrected chi connectivity index (χ3v) is 4.80. The van der Waals surface area contributed by atoms with E-state index in [1.165, 1.54) is 0 Å². The number of carbonyl (C=O) groups is 1. The van der Waals surface area contributed by atoms with Crippen molar-refractivity contribution in [1.29, 1.82) is 5.26 Å². The summed E-state index contributed by atoms with van der Waals surface area (Å²) in [5.74, 6) is 0.591. The number of hydrogen-bond acceptors (Lipinski definition) is 4. The molecule has 0 saturated carbocycles. The summed E-state index contributed by atoms with van der Waals surface area (Å²) in [6.45, 7) is 5.05. The molecule has 2 aliphatic heterocycles. The number of urea groups is 1. The topological polar surface area (TPSA) is 85.6 Å². The lowest BCUT2D eigenvalue weighted by atomic mass is 9.86. The van der Waals surface area contributed by atoms with E-state index in [-0.39, 0.29) is 6.03 Å². The van der Waals surface area contributed by atoms with Crippen LogP contribution in [0.4, 0.5) is 4.79 Å². The molecule has 2 aliphatic rings. The van der Waals surface area contributed by atoms with Gasteiger partial charge in [0.15, 0.2) is 0 Å². The minimum atomic E-state index is -0.910. The molecule has 128 valence electrons. The molecule has 3 rings (SSSR count). The number of carbonyl (C=O) groups excluding carboxylic acids is 1. The summed E-state index contributed by atoms with van der Waals surface area (Å²) in [5, 5.41) is 22.8. The molecule has 2 heterocycles. The Balaban J connectivity index is 1.90. The number of piperidine rings is 1. The molecule has 0 aliphatic carbocycles. The maximum atomic E-state index is 12.6. The van der Waals surface area contributed by atoms with Crippen LogP contribution in [-0.2, 0) is 0 Å². The smallest absolute Gasteiger partial charge is 0.317 e. The van der Waals surface area contributed by atoms with Crippen molar-refractivity contribution in [2.45, 2.75) is 50.9 Å². The van der Waals surface area contributed by atoms with Gasteiger partial charge in [0.2, 0.25) is 0 Å². The van der Waals surface area contributed by atoms with Crippen molar-refractivity contribution in [1.82, 2.24) is 10.2 Å². The number of rotatable bonds is 1. The van der Waals surface area contributed by atoms with Crippen LogP contribution < -0.4 is 10.1 Å². The highest BCUT2D eigenvalue weighted by Crippen LogP contribution is 2.40. The Labute approximate surface area is 142 Å². The Morgan fingerprint density at radius 1 is 1.38 bits per heavy atom. The quantitative estimate of drug-likeness (QED) is 0.828. The second kappa shape index (κ2) is 6.33. The third kappa shape index (κ3) is 3.04. The first-order valence-electron chi connectivity index (χ1n) is 8.39. The lowest BCUT2D eigenvalue weighted by Gasteiger charge is -2.43. The van der Waals surface area contributed by atoms with Crippen LogP contribution in [0.5, 0.6) is 5.75 Å². The maximum absolute atomic E-state index is 12.6. The van der Waals surface area contributed by atoms with Gasteiger partial charge < -0.3 is 20.1 Å². The molecule has 1 aromatic rings. The van der Waals surface area contributed by atoms with Crippen molar-refractivity contribution in [2.75, 3.05) is 13.1 Å². The van der Waals surface area contributed by atoms with E-state index in [4.69, 9.17) is 10.00 Å². The van der Waals surface area contributed by atoms with Crippen molar-refractivity contribution >= 4 is 6.03 Å². The number of nitrogens with zero attached hydrogens (tertiary/aromatic N) is 2. The zero-order chi connectivity index (χ0) is 17.3. The fraction of sp³-hybridized carbons (Fsp3) is 0.556. The van der Waals surface area contributed by atoms with Crippen LogP contribution in [0.3, 0.4) is 0 Å². The fourth-order valence-corrected chi connectivity index (χ4v) is 3.35. The molecule has 0 spiro atoms. The van der Waals surface area contributed by atoms with Gasteiger partial charge in [-0.15, -0.1) is 0 Å². The van der Waals surface area contributed by atoms with E-state index < -0.39 is 17.7 Å². The summed E-state index contributed by atoms with van der Waals surface area (Å²) < 4.78 is 5.86. The second-order valence-electron chi connectivity index (χ2n) is 6.99. The van der Waals surface area contributed by atoms with Gasteiger partial charge in [0.05, 0.1) is 17.7 Å². The molecular formula is C18H23N3O3. The molecule has 0 aromatic heterocycles. The number of hydrogen-bond donors (Lipinski definition) is 2. The van der Waals surface area contributed by atoms with Gasteiger partial charge >= 0.3 is 6.03 Å². The number of amides is 2. The van der Waals surface area contributed by atoms with Gasteiger partial charge in [-0.05, 0) is 51.3 Å². The number of nitriles is 1. The van der Waals surface area contributed by atoms with Crippen molar-refractivity contribution in [3.63, 3.8) is 0 Å². The summed E-state index contributed by atoms with van der Waals surface area (Å²) in [5.41, 5.74) is 0.286. The van der Waals surface area contributed by atoms with Crippen molar-refractivity contribution in [3.05, 3.63) is 29.3 Å². The Hall–Kier alpha value is -2.26. The molecule has 0 unspecified atom stereocenters. The van der Waals surface area contributed by atoms with Gasteiger partial charge in [-0.2, -0.15) is 5.26 Å². The maximum Gasteiger partial charge on any atom is 0.317 e. The van der Waals surface area contributed by atoms with Crippen LogP contribution in [0, 0.1) is 11.3 Å². The van der Waals surface area contributed by atoms with Crippen LogP contribution in [0.25, 0.3) is 0 Å². The first kappa shape index (κ1) is 16.6. The molecule has 1 saturated heterocycles. The van der Waals surface area contributed by atoms with Crippen LogP contribution >= 0.6 is 0 Å². The number of likely N-dealkylation sites (tertiary alicyclic amines) is 1. The van der Waals surface area contributed by atoms with E-state index in [0.29, 0.717) is 16.9 Å². The van der Waals surface area contributed by atoms with E-state index >= 15 is 0 Å². The molecule has 2 atom stereocenters. The molecule has 24 heavy (non-hydrogen) atoms. The Bertz CT molecular complexity index is 675. The normalized spacial score (nSPS) is 25.2. The highest BCUT2D eigenvalue weighted by atomic mass is 16.5. The predicted molar refractivity (Wildman–Crippen MR) is 88.6 cm³/mol. The zero-order valence-corrected chi connectivity index (χ0v) is 14.1. The minimum Gasteiger partial charge on any atom is -0.485 e. The van der Waals surface area contributed by atoms with Crippen molar-refractivity contribution < 1.29 is 14.6 Å². The van der Waals surface area contributed by atoms with Crippen molar-refractivity contribution in [2.24, 2.45) is 0 Å². The number of fused-ring (bicyclic) bond motifs is 1. The standard InChI is InChI=1S/C18H23N3O3/c1-18(2)16(22)15(20-17(23)21-8-4-3-5-9-21)13-10-12(11-19)6-7-14(13)24-18/h6-7,10,15-16,22H,3-5,8-9H2,1-2H3,(H,20,23)/t15-,16+/m1/s1. The first-order chi connectivity index (χ1) is 11.4. The first-order valence-corrected chi connectivity index (χ1v) is 8.39. The Morgan fingerprint density at radius 2 is 2.08 bits per heavy atom. The van der Waals surface area contributed by atoms with Crippen molar-refractivity contribution in [3.8, 4) is 11.8 Å². The van der Waals surface area contributed by atoms with Gasteiger partial charge in [0.1, 0.15) is 17.5 Å². The molecule has 2 N–H and O–H groups in total. The second-order valence-corrected chi connectivity index (χ2v) is 6.99. The third-order valence-electron chi connectivity index (χ3n) is 4.80. The van der Waals surface area contributed by atoms with Gasteiger partial charge in [-0.3, -0.25) is 0 Å². The lowest BCUT2D eigenvalue weighted by Crippen LogP contribution is -2.55. The summed E-state index contributed by atoms with van der Waals surface area (Å²) in [6, 6.07) is 6.38. The van der Waals surface area contributed by atoms with E-state index in [0.717, 1.165) is 32.4 Å². The van der Waals surface area contributed by atoms with E-state index in [9.17, 15) is 9.90 Å². The van der Waals surface area contributed by atoms with Crippen LogP contribution in [-0.4, -0.2) is 40.8 Å². The van der Waals surface area contributed by atoms with Crippen LogP contribution in [0.15, 0.2) is 18.2 Å². The number of benzene rings is 1. The average molecular weight is 329 g/mol. The average Bonchev–Trinajstić information content (AvgIpc) is 2.59. The summed E-state index contributed by atoms with van der Waals surface area (Å²) in [6.07, 6.45) is 2.24. The Morgan fingerprint density at radius 3 is 2.75 bits per heavy atom. The molecule has 1 aromatic carbocycles. The molecular weight excluding hydrogens is 306 g/mol. The number of aliphatic hydroxyl groups excluding tert-OH is 1. The number of nitrogens with one attached hydrogen (secondary N) is 1. The van der Waals surface area contributed by atoms with Gasteiger partial charge in [0.25, 0.3) is 0 Å². The number of aliphatic hydroxyl groups is 1. The lowest BCUT2D eigenvalue weighted by molar-refractivity contribution is -0.0628. The van der Waals surface area contributed by atoms with E-state index in [2.05, 4.69) is 11.4 Å². The van der Waals surface area contributed by atoms with E-state index in [1.807, 2.05) is 0 Å². The molecule has 0 radical (unpaired) electrons. The molecule has 0 bridgehead atoms. The summed E-state index contributed by atoms with van der Waals surface area (Å²) in [7, 11) is 0. The van der Waals surface area contributed by atoms with E-state index in [1.54, 1.807) is 36.9 Å².